The highest BCUT2D eigenvalue weighted by atomic mass is 19.1. The van der Waals surface area contributed by atoms with Gasteiger partial charge >= 0.3 is 0 Å². The third kappa shape index (κ3) is 3.19. The van der Waals surface area contributed by atoms with Crippen LogP contribution in [0.25, 0.3) is 27.7 Å². The maximum absolute atomic E-state index is 14.9. The highest BCUT2D eigenvalue weighted by Crippen LogP contribution is 2.33. The second kappa shape index (κ2) is 6.35. The van der Waals surface area contributed by atoms with Crippen molar-refractivity contribution in [2.45, 2.75) is 38.1 Å². The van der Waals surface area contributed by atoms with Crippen molar-refractivity contribution in [2.75, 3.05) is 6.54 Å². The van der Waals surface area contributed by atoms with Crippen molar-refractivity contribution in [2.24, 2.45) is 7.05 Å². The normalized spacial score (nSPS) is 19.3. The molecule has 29 heavy (non-hydrogen) atoms. The Morgan fingerprint density at radius 1 is 1.07 bits per heavy atom. The summed E-state index contributed by atoms with van der Waals surface area (Å²) in [5.74, 6) is -0.534. The maximum Gasteiger partial charge on any atom is 0.173 e. The first-order valence-corrected chi connectivity index (χ1v) is 9.85. The number of imidazole rings is 1. The molecule has 1 aromatic carbocycles. The Bertz CT molecular complexity index is 1240. The fourth-order valence-electron chi connectivity index (χ4n) is 4.44. The number of nitrogens with zero attached hydrogens (tertiary/aromatic N) is 4. The van der Waals surface area contributed by atoms with Gasteiger partial charge in [-0.2, -0.15) is 5.10 Å². The molecule has 0 radical (unpaired) electrons. The van der Waals surface area contributed by atoms with E-state index >= 15 is 0 Å². The van der Waals surface area contributed by atoms with Gasteiger partial charge in [-0.1, -0.05) is 0 Å². The van der Waals surface area contributed by atoms with Gasteiger partial charge in [0.2, 0.25) is 0 Å². The minimum absolute atomic E-state index is 0.0408. The number of aryl methyl sites for hydroxylation is 1. The van der Waals surface area contributed by atoms with Crippen LogP contribution in [0.1, 0.15) is 38.3 Å². The van der Waals surface area contributed by atoms with Crippen LogP contribution in [0, 0.1) is 11.6 Å². The van der Waals surface area contributed by atoms with E-state index in [-0.39, 0.29) is 11.5 Å². The highest BCUT2D eigenvalue weighted by Gasteiger charge is 2.30. The number of halogens is 2. The zero-order valence-corrected chi connectivity index (χ0v) is 16.7. The minimum Gasteiger partial charge on any atom is -0.312 e. The largest absolute Gasteiger partial charge is 0.312 e. The SMILES string of the molecule is Cn1cc2cc(-c3cc(F)c4nc(C5CCNC(C)(C)C5)cn4c3)cc(F)c2n1. The monoisotopic (exact) mass is 395 g/mol. The summed E-state index contributed by atoms with van der Waals surface area (Å²) < 4.78 is 32.7. The van der Waals surface area contributed by atoms with Gasteiger partial charge in [-0.3, -0.25) is 4.68 Å². The van der Waals surface area contributed by atoms with Crippen LogP contribution < -0.4 is 5.32 Å². The molecule has 1 aliphatic rings. The molecule has 1 fully saturated rings. The number of benzene rings is 1. The molecule has 1 N–H and O–H groups in total. The molecular weight excluding hydrogens is 372 g/mol. The van der Waals surface area contributed by atoms with Crippen LogP contribution in [0.2, 0.25) is 0 Å². The van der Waals surface area contributed by atoms with Gasteiger partial charge in [0.1, 0.15) is 5.52 Å². The molecule has 0 amide bonds. The molecule has 0 spiro atoms. The van der Waals surface area contributed by atoms with Crippen molar-refractivity contribution in [1.82, 2.24) is 24.5 Å². The summed E-state index contributed by atoms with van der Waals surface area (Å²) in [6.07, 6.45) is 7.41. The number of piperidine rings is 1. The van der Waals surface area contributed by atoms with Crippen LogP contribution in [0.3, 0.4) is 0 Å². The van der Waals surface area contributed by atoms with Crippen molar-refractivity contribution in [3.05, 3.63) is 54.1 Å². The average Bonchev–Trinajstić information content (AvgIpc) is 3.24. The lowest BCUT2D eigenvalue weighted by molar-refractivity contribution is 0.273. The molecule has 0 saturated carbocycles. The molecule has 7 heteroatoms. The standard InChI is InChI=1S/C22H23F2N5/c1-22(2)9-13(4-5-25-22)19-12-29-11-15(8-18(24)21(29)26-19)14-6-16-10-28(3)27-20(16)17(23)7-14/h6-8,10-13,25H,4-5,9H2,1-3H3. The third-order valence-electron chi connectivity index (χ3n) is 5.81. The first-order valence-electron chi connectivity index (χ1n) is 9.85. The third-order valence-corrected chi connectivity index (χ3v) is 5.81. The van der Waals surface area contributed by atoms with Gasteiger partial charge in [-0.15, -0.1) is 0 Å². The Labute approximate surface area is 167 Å². The number of hydrogen-bond acceptors (Lipinski definition) is 3. The lowest BCUT2D eigenvalue weighted by Crippen LogP contribution is -2.45. The molecule has 5 rings (SSSR count). The summed E-state index contributed by atoms with van der Waals surface area (Å²) in [5.41, 5.74) is 2.79. The number of nitrogens with one attached hydrogen (secondary N) is 1. The van der Waals surface area contributed by atoms with E-state index in [1.807, 2.05) is 18.5 Å². The average molecular weight is 395 g/mol. The van der Waals surface area contributed by atoms with E-state index < -0.39 is 11.6 Å². The number of rotatable bonds is 2. The van der Waals surface area contributed by atoms with E-state index in [2.05, 4.69) is 29.2 Å². The van der Waals surface area contributed by atoms with Gasteiger partial charge < -0.3 is 9.72 Å². The number of hydrogen-bond donors (Lipinski definition) is 1. The first-order chi connectivity index (χ1) is 13.8. The van der Waals surface area contributed by atoms with E-state index in [0.29, 0.717) is 27.7 Å². The topological polar surface area (TPSA) is 47.2 Å². The minimum atomic E-state index is -0.415. The number of aromatic nitrogens is 4. The Hall–Kier alpha value is -2.80. The zero-order chi connectivity index (χ0) is 20.3. The van der Waals surface area contributed by atoms with Gasteiger partial charge in [0, 0.05) is 48.0 Å². The smallest absolute Gasteiger partial charge is 0.173 e. The molecule has 1 atom stereocenters. The van der Waals surface area contributed by atoms with E-state index in [9.17, 15) is 8.78 Å². The molecule has 150 valence electrons. The predicted octanol–water partition coefficient (Wildman–Crippen LogP) is 4.41. The summed E-state index contributed by atoms with van der Waals surface area (Å²) in [7, 11) is 1.75. The van der Waals surface area contributed by atoms with Crippen molar-refractivity contribution in [1.29, 1.82) is 0 Å². The molecule has 4 aromatic rings. The Balaban J connectivity index is 1.58. The molecule has 0 bridgehead atoms. The van der Waals surface area contributed by atoms with Crippen molar-refractivity contribution < 1.29 is 8.78 Å². The van der Waals surface area contributed by atoms with Crippen molar-refractivity contribution >= 4 is 16.6 Å². The predicted molar refractivity (Wildman–Crippen MR) is 109 cm³/mol. The van der Waals surface area contributed by atoms with Crippen molar-refractivity contribution in [3.63, 3.8) is 0 Å². The van der Waals surface area contributed by atoms with Gasteiger partial charge in [0.05, 0.1) is 5.69 Å². The molecule has 1 aliphatic heterocycles. The molecule has 5 nitrogen and oxygen atoms in total. The molecule has 1 unspecified atom stereocenters. The second-order valence-electron chi connectivity index (χ2n) is 8.67. The molecule has 0 aliphatic carbocycles. The van der Waals surface area contributed by atoms with E-state index in [0.717, 1.165) is 25.1 Å². The highest BCUT2D eigenvalue weighted by molar-refractivity contribution is 5.84. The van der Waals surface area contributed by atoms with Crippen LogP contribution in [0.4, 0.5) is 8.78 Å². The summed E-state index contributed by atoms with van der Waals surface area (Å²) in [4.78, 5) is 4.58. The summed E-state index contributed by atoms with van der Waals surface area (Å²) >= 11 is 0. The van der Waals surface area contributed by atoms with Crippen LogP contribution in [-0.4, -0.2) is 31.2 Å². The Kier molecular flexibility index (Phi) is 4.00. The summed E-state index contributed by atoms with van der Waals surface area (Å²) in [6, 6.07) is 4.66. The fraction of sp³-hybridized carbons (Fsp3) is 0.364. The van der Waals surface area contributed by atoms with Crippen LogP contribution >= 0.6 is 0 Å². The number of fused-ring (bicyclic) bond motifs is 2. The van der Waals surface area contributed by atoms with E-state index in [1.54, 1.807) is 22.3 Å². The molecule has 4 heterocycles. The van der Waals surface area contributed by atoms with Gasteiger partial charge in [-0.25, -0.2) is 13.8 Å². The van der Waals surface area contributed by atoms with E-state index in [1.165, 1.54) is 12.1 Å². The van der Waals surface area contributed by atoms with Crippen LogP contribution in [0.5, 0.6) is 0 Å². The summed E-state index contributed by atoms with van der Waals surface area (Å²) in [5, 5.41) is 8.32. The quantitative estimate of drug-likeness (QED) is 0.547. The summed E-state index contributed by atoms with van der Waals surface area (Å²) in [6.45, 7) is 5.28. The van der Waals surface area contributed by atoms with Crippen molar-refractivity contribution in [3.8, 4) is 11.1 Å². The van der Waals surface area contributed by atoms with Gasteiger partial charge in [-0.05, 0) is 57.0 Å². The number of pyridine rings is 1. The lowest BCUT2D eigenvalue weighted by Gasteiger charge is -2.35. The molecular formula is C22H23F2N5. The zero-order valence-electron chi connectivity index (χ0n) is 16.7. The van der Waals surface area contributed by atoms with Crippen LogP contribution in [-0.2, 0) is 7.05 Å². The van der Waals surface area contributed by atoms with Gasteiger partial charge in [0.15, 0.2) is 17.3 Å². The second-order valence-corrected chi connectivity index (χ2v) is 8.67. The van der Waals surface area contributed by atoms with Gasteiger partial charge in [0.25, 0.3) is 0 Å². The van der Waals surface area contributed by atoms with Crippen LogP contribution in [0.15, 0.2) is 36.8 Å². The molecule has 1 saturated heterocycles. The lowest BCUT2D eigenvalue weighted by atomic mass is 9.83. The Morgan fingerprint density at radius 3 is 2.66 bits per heavy atom. The van der Waals surface area contributed by atoms with E-state index in [4.69, 9.17) is 0 Å². The maximum atomic E-state index is 14.9. The fourth-order valence-corrected chi connectivity index (χ4v) is 4.44. The molecule has 3 aromatic heterocycles. The first kappa shape index (κ1) is 18.2. The Morgan fingerprint density at radius 2 is 1.86 bits per heavy atom.